The average molecular weight is 206 g/mol. The second kappa shape index (κ2) is 6.63. The van der Waals surface area contributed by atoms with Crippen LogP contribution in [0.15, 0.2) is 0 Å². The average Bonchev–Trinajstić information content (AvgIpc) is 2.64. The first-order chi connectivity index (χ1) is 6.33. The molecule has 1 saturated heterocycles. The highest BCUT2D eigenvalue weighted by atomic mass is 35.5. The topological polar surface area (TPSA) is 21.3 Å². The van der Waals surface area contributed by atoms with Gasteiger partial charge in [-0.1, -0.05) is 0 Å². The number of alkyl halides is 1. The minimum absolute atomic E-state index is 0.436. The molecule has 0 spiro atoms. The Hall–Kier alpha value is 0.210. The van der Waals surface area contributed by atoms with E-state index >= 15 is 0 Å². The van der Waals surface area contributed by atoms with Crippen LogP contribution in [-0.4, -0.2) is 31.2 Å². The Kier molecular flexibility index (Phi) is 5.76. The van der Waals surface area contributed by atoms with Gasteiger partial charge in [-0.2, -0.15) is 0 Å². The van der Waals surface area contributed by atoms with Gasteiger partial charge in [-0.15, -0.1) is 11.6 Å². The molecule has 1 rings (SSSR count). The lowest BCUT2D eigenvalue weighted by atomic mass is 10.1. The molecule has 1 aliphatic rings. The molecule has 1 N–H and O–H groups in total. The van der Waals surface area contributed by atoms with E-state index in [9.17, 15) is 0 Å². The van der Waals surface area contributed by atoms with Crippen molar-refractivity contribution in [1.29, 1.82) is 0 Å². The van der Waals surface area contributed by atoms with Gasteiger partial charge >= 0.3 is 0 Å². The molecule has 0 amide bonds. The van der Waals surface area contributed by atoms with E-state index in [1.165, 1.54) is 25.7 Å². The molecule has 1 heterocycles. The van der Waals surface area contributed by atoms with Crippen molar-refractivity contribution >= 4 is 11.6 Å². The largest absolute Gasteiger partial charge is 0.378 e. The molecule has 78 valence electrons. The summed E-state index contributed by atoms with van der Waals surface area (Å²) in [5.74, 6) is 0.694. The van der Waals surface area contributed by atoms with Crippen molar-refractivity contribution in [1.82, 2.24) is 5.32 Å². The van der Waals surface area contributed by atoms with Crippen molar-refractivity contribution in [3.63, 3.8) is 0 Å². The highest BCUT2D eigenvalue weighted by molar-refractivity contribution is 6.18. The van der Waals surface area contributed by atoms with E-state index in [1.54, 1.807) is 0 Å². The summed E-state index contributed by atoms with van der Waals surface area (Å²) in [7, 11) is 0. The second-order valence-corrected chi connectivity index (χ2v) is 4.10. The van der Waals surface area contributed by atoms with Crippen LogP contribution in [0, 0.1) is 0 Å². The van der Waals surface area contributed by atoms with Gasteiger partial charge in [0.2, 0.25) is 0 Å². The monoisotopic (exact) mass is 205 g/mol. The molecule has 0 aromatic heterocycles. The third kappa shape index (κ3) is 4.84. The molecule has 13 heavy (non-hydrogen) atoms. The van der Waals surface area contributed by atoms with Gasteiger partial charge in [0.05, 0.1) is 6.10 Å². The molecule has 0 radical (unpaired) electrons. The zero-order valence-electron chi connectivity index (χ0n) is 8.39. The van der Waals surface area contributed by atoms with Crippen LogP contribution in [0.4, 0.5) is 0 Å². The van der Waals surface area contributed by atoms with Crippen LogP contribution >= 0.6 is 11.6 Å². The maximum Gasteiger partial charge on any atom is 0.0576 e. The van der Waals surface area contributed by atoms with E-state index in [0.29, 0.717) is 18.0 Å². The van der Waals surface area contributed by atoms with Crippen molar-refractivity contribution in [2.45, 2.75) is 44.8 Å². The van der Waals surface area contributed by atoms with Gasteiger partial charge in [0.25, 0.3) is 0 Å². The molecule has 2 unspecified atom stereocenters. The van der Waals surface area contributed by atoms with Gasteiger partial charge in [-0.25, -0.2) is 0 Å². The van der Waals surface area contributed by atoms with Gasteiger partial charge in [0.1, 0.15) is 0 Å². The normalized spacial score (nSPS) is 24.9. The number of nitrogens with one attached hydrogen (secondary N) is 1. The first-order valence-corrected chi connectivity index (χ1v) is 5.77. The molecule has 0 aromatic carbocycles. The molecule has 2 atom stereocenters. The molecule has 1 aliphatic heterocycles. The van der Waals surface area contributed by atoms with Crippen molar-refractivity contribution in [2.75, 3.05) is 19.0 Å². The first kappa shape index (κ1) is 11.3. The SMILES string of the molecule is CC(CCl)NCCCC1CCCO1. The minimum atomic E-state index is 0.436. The predicted molar refractivity (Wildman–Crippen MR) is 56.4 cm³/mol. The Labute approximate surface area is 86.0 Å². The number of halogens is 1. The van der Waals surface area contributed by atoms with Crippen molar-refractivity contribution in [2.24, 2.45) is 0 Å². The standard InChI is InChI=1S/C10H20ClNO/c1-9(8-11)12-6-2-4-10-5-3-7-13-10/h9-10,12H,2-8H2,1H3. The summed E-state index contributed by atoms with van der Waals surface area (Å²) < 4.78 is 5.53. The lowest BCUT2D eigenvalue weighted by molar-refractivity contribution is 0.102. The number of ether oxygens (including phenoxy) is 1. The van der Waals surface area contributed by atoms with Gasteiger partial charge < -0.3 is 10.1 Å². The maximum absolute atomic E-state index is 5.67. The number of rotatable bonds is 6. The summed E-state index contributed by atoms with van der Waals surface area (Å²) in [6.07, 6.45) is 5.43. The summed E-state index contributed by atoms with van der Waals surface area (Å²) in [5, 5.41) is 3.37. The van der Waals surface area contributed by atoms with Crippen LogP contribution in [0.25, 0.3) is 0 Å². The lowest BCUT2D eigenvalue weighted by Crippen LogP contribution is -2.28. The molecule has 0 aromatic rings. The number of hydrogen-bond acceptors (Lipinski definition) is 2. The highest BCUT2D eigenvalue weighted by Gasteiger charge is 2.14. The van der Waals surface area contributed by atoms with E-state index in [0.717, 1.165) is 13.2 Å². The van der Waals surface area contributed by atoms with E-state index < -0.39 is 0 Å². The highest BCUT2D eigenvalue weighted by Crippen LogP contribution is 2.16. The van der Waals surface area contributed by atoms with Crippen LogP contribution < -0.4 is 5.32 Å². The molecular weight excluding hydrogens is 186 g/mol. The van der Waals surface area contributed by atoms with Crippen LogP contribution in [0.5, 0.6) is 0 Å². The van der Waals surface area contributed by atoms with Crippen molar-refractivity contribution < 1.29 is 4.74 Å². The number of hydrogen-bond donors (Lipinski definition) is 1. The Morgan fingerprint density at radius 3 is 3.08 bits per heavy atom. The lowest BCUT2D eigenvalue weighted by Gasteiger charge is -2.12. The first-order valence-electron chi connectivity index (χ1n) is 5.24. The smallest absolute Gasteiger partial charge is 0.0576 e. The van der Waals surface area contributed by atoms with E-state index in [2.05, 4.69) is 12.2 Å². The predicted octanol–water partition coefficient (Wildman–Crippen LogP) is 2.16. The molecule has 0 aliphatic carbocycles. The van der Waals surface area contributed by atoms with E-state index in [4.69, 9.17) is 16.3 Å². The summed E-state index contributed by atoms with van der Waals surface area (Å²) in [5.41, 5.74) is 0. The summed E-state index contributed by atoms with van der Waals surface area (Å²) in [4.78, 5) is 0. The minimum Gasteiger partial charge on any atom is -0.378 e. The third-order valence-electron chi connectivity index (χ3n) is 2.45. The Balaban J connectivity index is 1.88. The summed E-state index contributed by atoms with van der Waals surface area (Å²) in [6.45, 7) is 4.14. The van der Waals surface area contributed by atoms with E-state index in [1.807, 2.05) is 0 Å². The van der Waals surface area contributed by atoms with Crippen LogP contribution in [-0.2, 0) is 4.74 Å². The molecule has 2 nitrogen and oxygen atoms in total. The molecule has 3 heteroatoms. The molecular formula is C10H20ClNO. The summed E-state index contributed by atoms with van der Waals surface area (Å²) in [6, 6.07) is 0.436. The Morgan fingerprint density at radius 1 is 1.62 bits per heavy atom. The zero-order chi connectivity index (χ0) is 9.52. The van der Waals surface area contributed by atoms with Gasteiger partial charge in [-0.05, 0) is 39.2 Å². The third-order valence-corrected chi connectivity index (χ3v) is 2.91. The fraction of sp³-hybridized carbons (Fsp3) is 1.00. The van der Waals surface area contributed by atoms with Crippen LogP contribution in [0.2, 0.25) is 0 Å². The van der Waals surface area contributed by atoms with Crippen LogP contribution in [0.1, 0.15) is 32.6 Å². The quantitative estimate of drug-likeness (QED) is 0.530. The fourth-order valence-corrected chi connectivity index (χ4v) is 1.71. The van der Waals surface area contributed by atoms with Crippen molar-refractivity contribution in [3.05, 3.63) is 0 Å². The molecule has 0 bridgehead atoms. The zero-order valence-corrected chi connectivity index (χ0v) is 9.15. The van der Waals surface area contributed by atoms with Crippen LogP contribution in [0.3, 0.4) is 0 Å². The molecule has 1 fully saturated rings. The second-order valence-electron chi connectivity index (χ2n) is 3.79. The van der Waals surface area contributed by atoms with Gasteiger partial charge in [0.15, 0.2) is 0 Å². The Morgan fingerprint density at radius 2 is 2.46 bits per heavy atom. The summed E-state index contributed by atoms with van der Waals surface area (Å²) >= 11 is 5.67. The molecule has 0 saturated carbocycles. The van der Waals surface area contributed by atoms with Gasteiger partial charge in [0, 0.05) is 18.5 Å². The Bertz CT molecular complexity index is 126. The van der Waals surface area contributed by atoms with Crippen molar-refractivity contribution in [3.8, 4) is 0 Å². The van der Waals surface area contributed by atoms with Gasteiger partial charge in [-0.3, -0.25) is 0 Å². The fourth-order valence-electron chi connectivity index (χ4n) is 1.60. The maximum atomic E-state index is 5.67. The van der Waals surface area contributed by atoms with E-state index in [-0.39, 0.29) is 0 Å².